The summed E-state index contributed by atoms with van der Waals surface area (Å²) in [7, 11) is -1.93. The fourth-order valence-corrected chi connectivity index (χ4v) is 2.14. The fourth-order valence-electron chi connectivity index (χ4n) is 1.12. The summed E-state index contributed by atoms with van der Waals surface area (Å²) in [4.78, 5) is 0. The van der Waals surface area contributed by atoms with Crippen molar-refractivity contribution in [2.75, 3.05) is 0 Å². The molecule has 0 radical (unpaired) electrons. The normalized spacial score (nSPS) is 12.7. The van der Waals surface area contributed by atoms with Crippen molar-refractivity contribution in [2.24, 2.45) is 0 Å². The van der Waals surface area contributed by atoms with Crippen LogP contribution in [0.25, 0.3) is 0 Å². The summed E-state index contributed by atoms with van der Waals surface area (Å²) in [5, 5.41) is 0.0876. The predicted molar refractivity (Wildman–Crippen MR) is 69.0 cm³/mol. The van der Waals surface area contributed by atoms with Crippen LogP contribution in [0.2, 0.25) is 18.1 Å². The smallest absolute Gasteiger partial charge is 0.250 e. The van der Waals surface area contributed by atoms with E-state index < -0.39 is 8.32 Å². The molecule has 1 aromatic carbocycles. The van der Waals surface area contributed by atoms with Gasteiger partial charge >= 0.3 is 0 Å². The van der Waals surface area contributed by atoms with Crippen LogP contribution < -0.4 is 4.43 Å². The van der Waals surface area contributed by atoms with Gasteiger partial charge in [-0.15, -0.1) is 0 Å². The van der Waals surface area contributed by atoms with Gasteiger partial charge in [-0.25, -0.2) is 4.39 Å². The average Bonchev–Trinajstić information content (AvgIpc) is 2.08. The van der Waals surface area contributed by atoms with Gasteiger partial charge < -0.3 is 4.43 Å². The summed E-state index contributed by atoms with van der Waals surface area (Å²) in [6.07, 6.45) is 0. The molecule has 0 atom stereocenters. The summed E-state index contributed by atoms with van der Waals surface area (Å²) in [6, 6.07) is 5.12. The van der Waals surface area contributed by atoms with Crippen molar-refractivity contribution < 1.29 is 8.82 Å². The molecule has 0 aliphatic heterocycles. The lowest BCUT2D eigenvalue weighted by atomic mass is 10.2. The standard InChI is InChI=1S/C13H21FOSi/c1-10-7-8-12(11(14)9-10)15-16(5,6)13(2,3)4/h7-9H,1-6H3. The van der Waals surface area contributed by atoms with Gasteiger partial charge in [-0.3, -0.25) is 0 Å². The van der Waals surface area contributed by atoms with E-state index in [9.17, 15) is 4.39 Å². The zero-order chi connectivity index (χ0) is 12.6. The molecule has 0 saturated carbocycles. The van der Waals surface area contributed by atoms with Gasteiger partial charge in [0.15, 0.2) is 5.82 Å². The molecule has 90 valence electrons. The zero-order valence-electron chi connectivity index (χ0n) is 11.0. The van der Waals surface area contributed by atoms with E-state index in [2.05, 4.69) is 33.9 Å². The number of rotatable bonds is 2. The quantitative estimate of drug-likeness (QED) is 0.691. The molecule has 0 heterocycles. The maximum Gasteiger partial charge on any atom is 0.250 e. The summed E-state index contributed by atoms with van der Waals surface area (Å²) >= 11 is 0. The molecule has 0 spiro atoms. The summed E-state index contributed by atoms with van der Waals surface area (Å²) in [6.45, 7) is 12.5. The van der Waals surface area contributed by atoms with Gasteiger partial charge in [-0.1, -0.05) is 26.8 Å². The third-order valence-electron chi connectivity index (χ3n) is 3.26. The van der Waals surface area contributed by atoms with E-state index in [1.807, 2.05) is 13.0 Å². The van der Waals surface area contributed by atoms with Gasteiger partial charge in [0, 0.05) is 0 Å². The highest BCUT2D eigenvalue weighted by Crippen LogP contribution is 2.37. The van der Waals surface area contributed by atoms with E-state index in [-0.39, 0.29) is 10.9 Å². The topological polar surface area (TPSA) is 9.23 Å². The van der Waals surface area contributed by atoms with Gasteiger partial charge in [0.25, 0.3) is 8.32 Å². The Morgan fingerprint density at radius 3 is 2.19 bits per heavy atom. The van der Waals surface area contributed by atoms with Crippen molar-refractivity contribution in [1.82, 2.24) is 0 Å². The van der Waals surface area contributed by atoms with Crippen LogP contribution in [0, 0.1) is 12.7 Å². The maximum atomic E-state index is 13.7. The van der Waals surface area contributed by atoms with Crippen LogP contribution in [0.3, 0.4) is 0 Å². The van der Waals surface area contributed by atoms with Crippen LogP contribution in [0.15, 0.2) is 18.2 Å². The first-order valence-corrected chi connectivity index (χ1v) is 8.49. The van der Waals surface area contributed by atoms with Crippen molar-refractivity contribution in [1.29, 1.82) is 0 Å². The van der Waals surface area contributed by atoms with Crippen LogP contribution in [0.5, 0.6) is 5.75 Å². The molecule has 0 aliphatic rings. The predicted octanol–water partition coefficient (Wildman–Crippen LogP) is 4.52. The minimum Gasteiger partial charge on any atom is -0.542 e. The molecule has 0 fully saturated rings. The van der Waals surface area contributed by atoms with E-state index in [0.29, 0.717) is 5.75 Å². The lowest BCUT2D eigenvalue weighted by Gasteiger charge is -2.36. The fraction of sp³-hybridized carbons (Fsp3) is 0.538. The first-order valence-electron chi connectivity index (χ1n) is 5.59. The molecule has 0 N–H and O–H groups in total. The molecule has 0 bridgehead atoms. The average molecular weight is 240 g/mol. The van der Waals surface area contributed by atoms with Crippen LogP contribution >= 0.6 is 0 Å². The molecule has 1 nitrogen and oxygen atoms in total. The van der Waals surface area contributed by atoms with Crippen LogP contribution in [-0.4, -0.2) is 8.32 Å². The van der Waals surface area contributed by atoms with Crippen molar-refractivity contribution in [3.05, 3.63) is 29.6 Å². The molecule has 16 heavy (non-hydrogen) atoms. The van der Waals surface area contributed by atoms with Crippen molar-refractivity contribution in [2.45, 2.75) is 45.8 Å². The molecule has 1 rings (SSSR count). The Morgan fingerprint density at radius 2 is 1.75 bits per heavy atom. The van der Waals surface area contributed by atoms with Gasteiger partial charge in [-0.05, 0) is 42.8 Å². The summed E-state index contributed by atoms with van der Waals surface area (Å²) in [5.74, 6) is 0.127. The van der Waals surface area contributed by atoms with Crippen molar-refractivity contribution >= 4 is 8.32 Å². The largest absolute Gasteiger partial charge is 0.542 e. The molecule has 0 saturated heterocycles. The summed E-state index contributed by atoms with van der Waals surface area (Å²) in [5.41, 5.74) is 0.917. The SMILES string of the molecule is Cc1ccc(O[Si](C)(C)C(C)(C)C)c(F)c1. The molecule has 0 amide bonds. The number of hydrogen-bond acceptors (Lipinski definition) is 1. The first kappa shape index (κ1) is 13.2. The Bertz CT molecular complexity index is 380. The zero-order valence-corrected chi connectivity index (χ0v) is 12.0. The summed E-state index contributed by atoms with van der Waals surface area (Å²) < 4.78 is 19.6. The third-order valence-corrected chi connectivity index (χ3v) is 7.60. The van der Waals surface area contributed by atoms with E-state index >= 15 is 0 Å². The molecular weight excluding hydrogens is 219 g/mol. The molecule has 0 aliphatic carbocycles. The Hall–Kier alpha value is -0.833. The Balaban J connectivity index is 2.97. The third kappa shape index (κ3) is 2.85. The van der Waals surface area contributed by atoms with Gasteiger partial charge in [-0.2, -0.15) is 0 Å². The monoisotopic (exact) mass is 240 g/mol. The Labute approximate surface area is 98.8 Å². The van der Waals surface area contributed by atoms with Gasteiger partial charge in [0.2, 0.25) is 0 Å². The highest BCUT2D eigenvalue weighted by molar-refractivity contribution is 6.74. The lowest BCUT2D eigenvalue weighted by Crippen LogP contribution is -2.44. The number of halogens is 1. The van der Waals surface area contributed by atoms with Gasteiger partial charge in [0.05, 0.1) is 0 Å². The van der Waals surface area contributed by atoms with E-state index in [0.717, 1.165) is 5.56 Å². The van der Waals surface area contributed by atoms with Crippen LogP contribution in [-0.2, 0) is 0 Å². The number of benzene rings is 1. The van der Waals surface area contributed by atoms with Crippen LogP contribution in [0.4, 0.5) is 4.39 Å². The molecule has 0 aromatic heterocycles. The minimum atomic E-state index is -1.93. The highest BCUT2D eigenvalue weighted by atomic mass is 28.4. The molecule has 1 aromatic rings. The first-order chi connectivity index (χ1) is 7.13. The minimum absolute atomic E-state index is 0.0876. The lowest BCUT2D eigenvalue weighted by molar-refractivity contribution is 0.456. The second kappa shape index (κ2) is 4.21. The maximum absolute atomic E-state index is 13.7. The Morgan fingerprint density at radius 1 is 1.19 bits per heavy atom. The van der Waals surface area contributed by atoms with E-state index in [4.69, 9.17) is 4.43 Å². The van der Waals surface area contributed by atoms with Gasteiger partial charge in [0.1, 0.15) is 5.75 Å². The molecule has 3 heteroatoms. The Kier molecular flexibility index (Phi) is 3.48. The second-order valence-corrected chi connectivity index (χ2v) is 10.5. The second-order valence-electron chi connectivity index (χ2n) is 5.80. The van der Waals surface area contributed by atoms with E-state index in [1.165, 1.54) is 6.07 Å². The molecule has 0 unspecified atom stereocenters. The van der Waals surface area contributed by atoms with E-state index in [1.54, 1.807) is 6.07 Å². The van der Waals surface area contributed by atoms with Crippen molar-refractivity contribution in [3.63, 3.8) is 0 Å². The molecular formula is C13H21FOSi. The highest BCUT2D eigenvalue weighted by Gasteiger charge is 2.39. The number of aryl methyl sites for hydroxylation is 1. The van der Waals surface area contributed by atoms with Crippen LogP contribution in [0.1, 0.15) is 26.3 Å². The van der Waals surface area contributed by atoms with Crippen molar-refractivity contribution in [3.8, 4) is 5.75 Å². The number of hydrogen-bond donors (Lipinski definition) is 0.